The van der Waals surface area contributed by atoms with Gasteiger partial charge in [0, 0.05) is 25.2 Å². The van der Waals surface area contributed by atoms with Gasteiger partial charge in [0.15, 0.2) is 0 Å². The summed E-state index contributed by atoms with van der Waals surface area (Å²) < 4.78 is 0. The fourth-order valence-electron chi connectivity index (χ4n) is 4.51. The summed E-state index contributed by atoms with van der Waals surface area (Å²) in [5, 5.41) is 0. The molecule has 0 amide bonds. The number of nitrogens with two attached hydrogens (primary N) is 1. The molecule has 0 saturated carbocycles. The van der Waals surface area contributed by atoms with Gasteiger partial charge in [-0.3, -0.25) is 4.90 Å². The molecule has 3 saturated heterocycles. The molecule has 5 unspecified atom stereocenters. The Morgan fingerprint density at radius 3 is 2.61 bits per heavy atom. The second-order valence-corrected chi connectivity index (χ2v) is 7.03. The zero-order chi connectivity index (χ0) is 12.8. The lowest BCUT2D eigenvalue weighted by Crippen LogP contribution is -2.64. The van der Waals surface area contributed by atoms with Crippen LogP contribution in [-0.4, -0.2) is 54.6 Å². The summed E-state index contributed by atoms with van der Waals surface area (Å²) in [6, 6.07) is 0. The van der Waals surface area contributed by atoms with Gasteiger partial charge in [0.2, 0.25) is 0 Å². The highest BCUT2D eigenvalue weighted by atomic mass is 15.3. The van der Waals surface area contributed by atoms with Crippen LogP contribution in [0.1, 0.15) is 33.1 Å². The van der Waals surface area contributed by atoms with Crippen molar-refractivity contribution in [2.45, 2.75) is 38.6 Å². The van der Waals surface area contributed by atoms with Gasteiger partial charge in [0.1, 0.15) is 0 Å². The van der Waals surface area contributed by atoms with Crippen molar-refractivity contribution in [3.05, 3.63) is 0 Å². The van der Waals surface area contributed by atoms with E-state index in [1.807, 2.05) is 0 Å². The van der Waals surface area contributed by atoms with Gasteiger partial charge in [-0.1, -0.05) is 13.8 Å². The third kappa shape index (κ3) is 1.91. The van der Waals surface area contributed by atoms with E-state index in [-0.39, 0.29) is 0 Å². The first-order valence-corrected chi connectivity index (χ1v) is 7.83. The number of fused-ring (bicyclic) bond motifs is 2. The normalized spacial score (nSPS) is 49.5. The van der Waals surface area contributed by atoms with Gasteiger partial charge in [0.25, 0.3) is 0 Å². The third-order valence-electron chi connectivity index (χ3n) is 6.21. The summed E-state index contributed by atoms with van der Waals surface area (Å²) in [6.45, 7) is 12.1. The molecule has 5 atom stereocenters. The molecule has 2 bridgehead atoms. The number of nitrogens with zero attached hydrogens (tertiary/aromatic N) is 2. The van der Waals surface area contributed by atoms with E-state index in [2.05, 4.69) is 23.6 Å². The first-order chi connectivity index (χ1) is 8.65. The molecule has 0 radical (unpaired) electrons. The van der Waals surface area contributed by atoms with E-state index < -0.39 is 0 Å². The number of rotatable bonds is 2. The van der Waals surface area contributed by atoms with E-state index >= 15 is 0 Å². The molecular weight excluding hydrogens is 222 g/mol. The van der Waals surface area contributed by atoms with E-state index in [4.69, 9.17) is 5.73 Å². The average Bonchev–Trinajstić information content (AvgIpc) is 2.78. The zero-order valence-electron chi connectivity index (χ0n) is 12.1. The summed E-state index contributed by atoms with van der Waals surface area (Å²) in [5.41, 5.74) is 6.61. The fourth-order valence-corrected chi connectivity index (χ4v) is 4.51. The Bertz CT molecular complexity index is 306. The van der Waals surface area contributed by atoms with E-state index in [1.54, 1.807) is 0 Å². The van der Waals surface area contributed by atoms with Crippen molar-refractivity contribution >= 4 is 0 Å². The number of hydrogen-bond acceptors (Lipinski definition) is 3. The summed E-state index contributed by atoms with van der Waals surface area (Å²) in [6.07, 6.45) is 4.03. The van der Waals surface area contributed by atoms with Crippen LogP contribution in [0.3, 0.4) is 0 Å². The van der Waals surface area contributed by atoms with Crippen molar-refractivity contribution in [1.82, 2.24) is 9.80 Å². The third-order valence-corrected chi connectivity index (χ3v) is 6.21. The molecule has 3 fully saturated rings. The molecule has 0 aromatic heterocycles. The van der Waals surface area contributed by atoms with Crippen LogP contribution in [0, 0.1) is 17.8 Å². The summed E-state index contributed by atoms with van der Waals surface area (Å²) in [4.78, 5) is 5.42. The van der Waals surface area contributed by atoms with Gasteiger partial charge in [-0.15, -0.1) is 0 Å². The molecule has 3 nitrogen and oxygen atoms in total. The smallest absolute Gasteiger partial charge is 0.0384 e. The number of piperidine rings is 2. The zero-order valence-corrected chi connectivity index (χ0v) is 12.1. The second-order valence-electron chi connectivity index (χ2n) is 7.03. The van der Waals surface area contributed by atoms with Crippen LogP contribution in [0.15, 0.2) is 0 Å². The van der Waals surface area contributed by atoms with Gasteiger partial charge in [-0.25, -0.2) is 0 Å². The molecule has 104 valence electrons. The van der Waals surface area contributed by atoms with Crippen molar-refractivity contribution in [3.8, 4) is 0 Å². The number of hydrogen-bond donors (Lipinski definition) is 1. The number of likely N-dealkylation sites (tertiary alicyclic amines) is 1. The van der Waals surface area contributed by atoms with Crippen LogP contribution >= 0.6 is 0 Å². The highest BCUT2D eigenvalue weighted by Crippen LogP contribution is 2.41. The Morgan fingerprint density at radius 1 is 1.06 bits per heavy atom. The Balaban J connectivity index is 1.79. The fraction of sp³-hybridized carbons (Fsp3) is 1.00. The van der Waals surface area contributed by atoms with Gasteiger partial charge >= 0.3 is 0 Å². The molecular formula is C15H29N3. The first kappa shape index (κ1) is 12.9. The highest BCUT2D eigenvalue weighted by Gasteiger charge is 2.49. The van der Waals surface area contributed by atoms with Crippen molar-refractivity contribution in [2.24, 2.45) is 23.5 Å². The topological polar surface area (TPSA) is 32.5 Å². The van der Waals surface area contributed by atoms with E-state index in [0.29, 0.717) is 5.54 Å². The highest BCUT2D eigenvalue weighted by molar-refractivity contribution is 5.06. The lowest BCUT2D eigenvalue weighted by molar-refractivity contribution is -0.0279. The molecule has 3 heterocycles. The SMILES string of the molecule is CC1CCN(C2(CN)CCN3CCC2C3)CC1C. The van der Waals surface area contributed by atoms with Crippen molar-refractivity contribution < 1.29 is 0 Å². The van der Waals surface area contributed by atoms with Gasteiger partial charge < -0.3 is 10.6 Å². The molecule has 3 heteroatoms. The van der Waals surface area contributed by atoms with Crippen LogP contribution in [0.5, 0.6) is 0 Å². The predicted molar refractivity (Wildman–Crippen MR) is 75.5 cm³/mol. The Morgan fingerprint density at radius 2 is 1.89 bits per heavy atom. The molecule has 18 heavy (non-hydrogen) atoms. The lowest BCUT2D eigenvalue weighted by atomic mass is 9.74. The first-order valence-electron chi connectivity index (χ1n) is 7.83. The minimum absolute atomic E-state index is 0.335. The monoisotopic (exact) mass is 251 g/mol. The van der Waals surface area contributed by atoms with Gasteiger partial charge in [0.05, 0.1) is 0 Å². The maximum absolute atomic E-state index is 6.27. The Hall–Kier alpha value is -0.120. The van der Waals surface area contributed by atoms with E-state index in [1.165, 1.54) is 52.0 Å². The van der Waals surface area contributed by atoms with Crippen LogP contribution in [0.4, 0.5) is 0 Å². The molecule has 0 aromatic rings. The summed E-state index contributed by atoms with van der Waals surface area (Å²) in [7, 11) is 0. The summed E-state index contributed by atoms with van der Waals surface area (Å²) >= 11 is 0. The maximum Gasteiger partial charge on any atom is 0.0384 e. The van der Waals surface area contributed by atoms with Crippen LogP contribution < -0.4 is 5.73 Å². The molecule has 3 aliphatic heterocycles. The van der Waals surface area contributed by atoms with E-state index in [9.17, 15) is 0 Å². The van der Waals surface area contributed by atoms with Gasteiger partial charge in [-0.05, 0) is 56.7 Å². The molecule has 2 N–H and O–H groups in total. The maximum atomic E-state index is 6.27. The molecule has 0 aromatic carbocycles. The van der Waals surface area contributed by atoms with E-state index in [0.717, 1.165) is 24.3 Å². The Kier molecular flexibility index (Phi) is 3.41. The minimum Gasteiger partial charge on any atom is -0.329 e. The predicted octanol–water partition coefficient (Wildman–Crippen LogP) is 1.39. The Labute approximate surface area is 112 Å². The largest absolute Gasteiger partial charge is 0.329 e. The second kappa shape index (κ2) is 4.77. The lowest BCUT2D eigenvalue weighted by Gasteiger charge is -2.53. The quantitative estimate of drug-likeness (QED) is 0.805. The van der Waals surface area contributed by atoms with Crippen molar-refractivity contribution in [3.63, 3.8) is 0 Å². The molecule has 3 rings (SSSR count). The molecule has 0 spiro atoms. The standard InChI is InChI=1S/C15H29N3/c1-12-3-7-18(9-13(12)2)15(11-16)5-8-17-6-4-14(15)10-17/h12-14H,3-11,16H2,1-2H3. The van der Waals surface area contributed by atoms with Crippen LogP contribution in [0.2, 0.25) is 0 Å². The van der Waals surface area contributed by atoms with Crippen LogP contribution in [-0.2, 0) is 0 Å². The molecule has 3 aliphatic rings. The van der Waals surface area contributed by atoms with Crippen molar-refractivity contribution in [1.29, 1.82) is 0 Å². The summed E-state index contributed by atoms with van der Waals surface area (Å²) in [5.74, 6) is 2.55. The average molecular weight is 251 g/mol. The minimum atomic E-state index is 0.335. The van der Waals surface area contributed by atoms with Crippen molar-refractivity contribution in [2.75, 3.05) is 39.3 Å². The molecule has 0 aliphatic carbocycles. The van der Waals surface area contributed by atoms with Gasteiger partial charge in [-0.2, -0.15) is 0 Å². The van der Waals surface area contributed by atoms with Crippen LogP contribution in [0.25, 0.3) is 0 Å².